The van der Waals surface area contributed by atoms with Gasteiger partial charge in [-0.2, -0.15) is 0 Å². The van der Waals surface area contributed by atoms with Crippen LogP contribution >= 0.6 is 0 Å². The van der Waals surface area contributed by atoms with Crippen LogP contribution in [0.4, 0.5) is 0 Å². The number of ether oxygens (including phenoxy) is 2. The Kier molecular flexibility index (Phi) is 4.66. The van der Waals surface area contributed by atoms with E-state index in [2.05, 4.69) is 38.1 Å². The molecule has 0 amide bonds. The Hall–Kier alpha value is -1.26. The number of rotatable bonds is 4. The Bertz CT molecular complexity index is 421. The van der Waals surface area contributed by atoms with Gasteiger partial charge in [-0.25, -0.2) is 0 Å². The topological polar surface area (TPSA) is 47.7 Å². The highest BCUT2D eigenvalue weighted by Gasteiger charge is 2.21. The number of fused-ring (bicyclic) bond motifs is 1. The van der Waals surface area contributed by atoms with E-state index in [1.165, 1.54) is 5.56 Å². The molecule has 4 nitrogen and oxygen atoms in total. The van der Waals surface area contributed by atoms with E-state index in [1.807, 2.05) is 6.07 Å². The fraction of sp³-hybridized carbons (Fsp3) is 0.600. The summed E-state index contributed by atoms with van der Waals surface area (Å²) < 4.78 is 11.4. The molecule has 0 aromatic heterocycles. The van der Waals surface area contributed by atoms with Gasteiger partial charge in [0.05, 0.1) is 13.2 Å². The molecule has 2 unspecified atom stereocenters. The van der Waals surface area contributed by atoms with Gasteiger partial charge in [0.25, 0.3) is 0 Å². The summed E-state index contributed by atoms with van der Waals surface area (Å²) in [6, 6.07) is 6.54. The molecule has 1 aromatic rings. The molecular weight excluding hydrogens is 240 g/mol. The second kappa shape index (κ2) is 6.26. The molecule has 0 spiro atoms. The average molecular weight is 264 g/mol. The zero-order chi connectivity index (χ0) is 13.8. The number of hydrogen-bond donors (Lipinski definition) is 1. The molecule has 1 aliphatic heterocycles. The third-order valence-electron chi connectivity index (χ3n) is 3.78. The number of nitrogens with two attached hydrogens (primary N) is 1. The molecule has 4 heteroatoms. The SMILES string of the molecule is CC(c1ccc2c(c1)OCCCO2)C(CN)N(C)C. The molecule has 1 aliphatic rings. The van der Waals surface area contributed by atoms with Gasteiger partial charge < -0.3 is 20.1 Å². The van der Waals surface area contributed by atoms with Gasteiger partial charge in [-0.3, -0.25) is 0 Å². The van der Waals surface area contributed by atoms with Crippen molar-refractivity contribution >= 4 is 0 Å². The number of likely N-dealkylation sites (N-methyl/N-ethyl adjacent to an activating group) is 1. The molecule has 0 saturated carbocycles. The van der Waals surface area contributed by atoms with Gasteiger partial charge in [0.2, 0.25) is 0 Å². The maximum Gasteiger partial charge on any atom is 0.161 e. The van der Waals surface area contributed by atoms with Crippen molar-refractivity contribution in [1.82, 2.24) is 4.90 Å². The van der Waals surface area contributed by atoms with Crippen molar-refractivity contribution in [2.24, 2.45) is 5.73 Å². The highest BCUT2D eigenvalue weighted by molar-refractivity contribution is 5.44. The van der Waals surface area contributed by atoms with E-state index in [-0.39, 0.29) is 0 Å². The molecule has 1 heterocycles. The van der Waals surface area contributed by atoms with Gasteiger partial charge in [-0.15, -0.1) is 0 Å². The summed E-state index contributed by atoms with van der Waals surface area (Å²) in [5, 5.41) is 0. The monoisotopic (exact) mass is 264 g/mol. The van der Waals surface area contributed by atoms with E-state index in [0.29, 0.717) is 18.5 Å². The lowest BCUT2D eigenvalue weighted by Gasteiger charge is -2.29. The van der Waals surface area contributed by atoms with Crippen molar-refractivity contribution in [3.63, 3.8) is 0 Å². The van der Waals surface area contributed by atoms with Crippen molar-refractivity contribution in [3.05, 3.63) is 23.8 Å². The predicted molar refractivity (Wildman–Crippen MR) is 77.0 cm³/mol. The molecule has 19 heavy (non-hydrogen) atoms. The summed E-state index contributed by atoms with van der Waals surface area (Å²) in [6.45, 7) is 4.29. The van der Waals surface area contributed by atoms with E-state index in [9.17, 15) is 0 Å². The molecule has 0 radical (unpaired) electrons. The molecule has 0 bridgehead atoms. The van der Waals surface area contributed by atoms with E-state index < -0.39 is 0 Å². The maximum atomic E-state index is 5.88. The van der Waals surface area contributed by atoms with Crippen LogP contribution in [0.2, 0.25) is 0 Å². The van der Waals surface area contributed by atoms with Crippen molar-refractivity contribution in [2.45, 2.75) is 25.3 Å². The molecule has 1 aromatic carbocycles. The first-order valence-corrected chi connectivity index (χ1v) is 6.89. The third-order valence-corrected chi connectivity index (χ3v) is 3.78. The molecular formula is C15H24N2O2. The van der Waals surface area contributed by atoms with E-state index in [1.54, 1.807) is 0 Å². The lowest BCUT2D eigenvalue weighted by molar-refractivity contribution is 0.266. The first kappa shape index (κ1) is 14.2. The summed E-state index contributed by atoms with van der Waals surface area (Å²) >= 11 is 0. The molecule has 106 valence electrons. The van der Waals surface area contributed by atoms with Crippen molar-refractivity contribution < 1.29 is 9.47 Å². The van der Waals surface area contributed by atoms with E-state index in [0.717, 1.165) is 31.1 Å². The van der Waals surface area contributed by atoms with Crippen LogP contribution in [-0.2, 0) is 0 Å². The molecule has 2 N–H and O–H groups in total. The molecule has 2 atom stereocenters. The van der Waals surface area contributed by atoms with Crippen LogP contribution in [0.15, 0.2) is 18.2 Å². The summed E-state index contributed by atoms with van der Waals surface area (Å²) in [4.78, 5) is 2.17. The Morgan fingerprint density at radius 1 is 1.21 bits per heavy atom. The minimum absolute atomic E-state index is 0.324. The Balaban J connectivity index is 2.23. The third kappa shape index (κ3) is 3.19. The van der Waals surface area contributed by atoms with Gasteiger partial charge in [-0.05, 0) is 37.7 Å². The zero-order valence-corrected chi connectivity index (χ0v) is 12.1. The highest BCUT2D eigenvalue weighted by atomic mass is 16.5. The lowest BCUT2D eigenvalue weighted by Crippen LogP contribution is -2.39. The predicted octanol–water partition coefficient (Wildman–Crippen LogP) is 1.84. The second-order valence-electron chi connectivity index (χ2n) is 5.31. The fourth-order valence-corrected chi connectivity index (χ4v) is 2.55. The van der Waals surface area contributed by atoms with Gasteiger partial charge in [0, 0.05) is 19.0 Å². The number of nitrogens with zero attached hydrogens (tertiary/aromatic N) is 1. The summed E-state index contributed by atoms with van der Waals surface area (Å²) in [5.74, 6) is 2.07. The average Bonchev–Trinajstić information content (AvgIpc) is 2.63. The Morgan fingerprint density at radius 2 is 1.89 bits per heavy atom. The van der Waals surface area contributed by atoms with Gasteiger partial charge in [-0.1, -0.05) is 13.0 Å². The largest absolute Gasteiger partial charge is 0.490 e. The van der Waals surface area contributed by atoms with Crippen LogP contribution in [-0.4, -0.2) is 44.8 Å². The van der Waals surface area contributed by atoms with Crippen LogP contribution < -0.4 is 15.2 Å². The smallest absolute Gasteiger partial charge is 0.161 e. The minimum Gasteiger partial charge on any atom is -0.490 e. The van der Waals surface area contributed by atoms with Gasteiger partial charge in [0.15, 0.2) is 11.5 Å². The van der Waals surface area contributed by atoms with Crippen molar-refractivity contribution in [2.75, 3.05) is 33.9 Å². The van der Waals surface area contributed by atoms with E-state index >= 15 is 0 Å². The minimum atomic E-state index is 0.324. The summed E-state index contributed by atoms with van der Waals surface area (Å²) in [6.07, 6.45) is 0.933. The van der Waals surface area contributed by atoms with Gasteiger partial charge >= 0.3 is 0 Å². The fourth-order valence-electron chi connectivity index (χ4n) is 2.55. The lowest BCUT2D eigenvalue weighted by atomic mass is 9.92. The molecule has 0 aliphatic carbocycles. The quantitative estimate of drug-likeness (QED) is 0.901. The number of benzene rings is 1. The van der Waals surface area contributed by atoms with Crippen molar-refractivity contribution in [3.8, 4) is 11.5 Å². The number of hydrogen-bond acceptors (Lipinski definition) is 4. The first-order chi connectivity index (χ1) is 9.13. The standard InChI is InChI=1S/C15H24N2O2/c1-11(13(10-16)17(2)3)12-5-6-14-15(9-12)19-8-4-7-18-14/h5-6,9,11,13H,4,7-8,10,16H2,1-3H3. The Labute approximate surface area is 115 Å². The highest BCUT2D eigenvalue weighted by Crippen LogP contribution is 2.34. The molecule has 2 rings (SSSR count). The zero-order valence-electron chi connectivity index (χ0n) is 12.1. The van der Waals surface area contributed by atoms with Crippen LogP contribution in [0, 0.1) is 0 Å². The summed E-state index contributed by atoms with van der Waals surface area (Å²) in [5.41, 5.74) is 7.12. The summed E-state index contributed by atoms with van der Waals surface area (Å²) in [7, 11) is 4.13. The van der Waals surface area contributed by atoms with Crippen LogP contribution in [0.3, 0.4) is 0 Å². The Morgan fingerprint density at radius 3 is 2.53 bits per heavy atom. The molecule has 0 fully saturated rings. The van der Waals surface area contributed by atoms with E-state index in [4.69, 9.17) is 15.2 Å². The first-order valence-electron chi connectivity index (χ1n) is 6.89. The maximum absolute atomic E-state index is 5.88. The molecule has 0 saturated heterocycles. The van der Waals surface area contributed by atoms with Crippen LogP contribution in [0.5, 0.6) is 11.5 Å². The van der Waals surface area contributed by atoms with Crippen LogP contribution in [0.1, 0.15) is 24.8 Å². The van der Waals surface area contributed by atoms with Crippen LogP contribution in [0.25, 0.3) is 0 Å². The normalized spacial score (nSPS) is 17.9. The van der Waals surface area contributed by atoms with Crippen molar-refractivity contribution in [1.29, 1.82) is 0 Å². The second-order valence-corrected chi connectivity index (χ2v) is 5.31. The van der Waals surface area contributed by atoms with Gasteiger partial charge in [0.1, 0.15) is 0 Å².